The number of aliphatic hydroxyl groups is 3. The average molecular weight is 517 g/mol. The molecule has 4 saturated carbocycles. The fourth-order valence-electron chi connectivity index (χ4n) is 11.5. The maximum Gasteiger partial charge on any atom is 0.302 e. The van der Waals surface area contributed by atoms with Gasteiger partial charge in [-0.15, -0.1) is 0 Å². The normalized spacial score (nSPS) is 52.4. The van der Waals surface area contributed by atoms with Crippen LogP contribution in [0.15, 0.2) is 11.6 Å². The third-order valence-electron chi connectivity index (χ3n) is 13.5. The number of carbonyl (C=O) groups is 1. The Kier molecular flexibility index (Phi) is 6.38. The molecule has 5 nitrogen and oxygen atoms in total. The molecule has 0 aromatic rings. The third kappa shape index (κ3) is 3.41. The van der Waals surface area contributed by atoms with Gasteiger partial charge in [-0.2, -0.15) is 0 Å². The van der Waals surface area contributed by atoms with Gasteiger partial charge in [0.15, 0.2) is 0 Å². The van der Waals surface area contributed by atoms with Crippen LogP contribution in [0, 0.1) is 56.7 Å². The van der Waals surface area contributed by atoms with E-state index in [-0.39, 0.29) is 69.6 Å². The molecule has 5 aliphatic rings. The Morgan fingerprint density at radius 3 is 2.32 bits per heavy atom. The molecule has 5 aliphatic carbocycles. The molecule has 5 rings (SSSR count). The highest BCUT2D eigenvalue weighted by atomic mass is 16.5. The van der Waals surface area contributed by atoms with Gasteiger partial charge in [0.05, 0.1) is 12.2 Å². The molecular weight excluding hydrogens is 464 g/mol. The van der Waals surface area contributed by atoms with Gasteiger partial charge in [-0.3, -0.25) is 4.79 Å². The minimum absolute atomic E-state index is 0.0158. The number of hydrogen-bond donors (Lipinski definition) is 3. The van der Waals surface area contributed by atoms with Crippen LogP contribution in [0.3, 0.4) is 0 Å². The van der Waals surface area contributed by atoms with Crippen LogP contribution < -0.4 is 0 Å². The van der Waals surface area contributed by atoms with Crippen LogP contribution in [-0.2, 0) is 9.53 Å². The lowest BCUT2D eigenvalue weighted by molar-refractivity contribution is -0.218. The van der Waals surface area contributed by atoms with Gasteiger partial charge in [-0.05, 0) is 90.3 Å². The van der Waals surface area contributed by atoms with Gasteiger partial charge in [0.1, 0.15) is 6.10 Å². The van der Waals surface area contributed by atoms with E-state index in [1.807, 2.05) is 0 Å². The van der Waals surface area contributed by atoms with Gasteiger partial charge in [-0.1, -0.05) is 60.1 Å². The Bertz CT molecular complexity index is 970. The number of rotatable bonds is 3. The van der Waals surface area contributed by atoms with E-state index in [4.69, 9.17) is 4.74 Å². The van der Waals surface area contributed by atoms with Crippen molar-refractivity contribution in [1.29, 1.82) is 0 Å². The Balaban J connectivity index is 1.66. The Hall–Kier alpha value is -0.910. The summed E-state index contributed by atoms with van der Waals surface area (Å²) < 4.78 is 6.22. The predicted octanol–water partition coefficient (Wildman–Crippen LogP) is 5.51. The summed E-state index contributed by atoms with van der Waals surface area (Å²) in [4.78, 5) is 12.5. The molecular formula is C32H52O5. The summed E-state index contributed by atoms with van der Waals surface area (Å²) in [6, 6.07) is 0. The number of allylic oxidation sites excluding steroid dienone is 1. The second kappa shape index (κ2) is 8.54. The lowest BCUT2D eigenvalue weighted by Gasteiger charge is -2.70. The van der Waals surface area contributed by atoms with Gasteiger partial charge in [-0.25, -0.2) is 0 Å². The summed E-state index contributed by atoms with van der Waals surface area (Å²) >= 11 is 0. The van der Waals surface area contributed by atoms with E-state index in [9.17, 15) is 20.1 Å². The van der Waals surface area contributed by atoms with Crippen molar-refractivity contribution in [2.75, 3.05) is 6.61 Å². The highest BCUT2D eigenvalue weighted by molar-refractivity contribution is 5.66. The van der Waals surface area contributed by atoms with Crippen molar-refractivity contribution in [3.63, 3.8) is 0 Å². The Morgan fingerprint density at radius 2 is 1.73 bits per heavy atom. The highest BCUT2D eigenvalue weighted by Gasteiger charge is 2.73. The molecule has 0 aliphatic heterocycles. The molecule has 5 heteroatoms. The van der Waals surface area contributed by atoms with Crippen molar-refractivity contribution in [2.24, 2.45) is 56.7 Å². The minimum atomic E-state index is -0.429. The molecule has 0 saturated heterocycles. The first-order valence-electron chi connectivity index (χ1n) is 14.9. The van der Waals surface area contributed by atoms with Crippen LogP contribution in [-0.4, -0.2) is 46.2 Å². The van der Waals surface area contributed by atoms with Gasteiger partial charge < -0.3 is 20.1 Å². The Labute approximate surface area is 224 Å². The SMILES string of the molecule is CC(=O)OC1CC2C(C)(CCC(O)C2(C)C)C2=CCC3(C)C4C(O)CC(C(C)C)C4(CO)CCC3(C)C21. The molecule has 4 fully saturated rings. The van der Waals surface area contributed by atoms with Crippen LogP contribution in [0.4, 0.5) is 0 Å². The summed E-state index contributed by atoms with van der Waals surface area (Å²) in [5.74, 6) is 0.813. The van der Waals surface area contributed by atoms with Crippen LogP contribution in [0.2, 0.25) is 0 Å². The maximum atomic E-state index is 12.5. The fraction of sp³-hybridized carbons (Fsp3) is 0.906. The topological polar surface area (TPSA) is 87.0 Å². The summed E-state index contributed by atoms with van der Waals surface area (Å²) in [7, 11) is 0. The predicted molar refractivity (Wildman–Crippen MR) is 144 cm³/mol. The van der Waals surface area contributed by atoms with Crippen molar-refractivity contribution in [3.8, 4) is 0 Å². The number of esters is 1. The number of ether oxygens (including phenoxy) is 1. The van der Waals surface area contributed by atoms with E-state index >= 15 is 0 Å². The van der Waals surface area contributed by atoms with Crippen molar-refractivity contribution >= 4 is 5.97 Å². The second-order valence-corrected chi connectivity index (χ2v) is 15.4. The lowest BCUT2D eigenvalue weighted by Crippen LogP contribution is -2.67. The molecule has 0 heterocycles. The summed E-state index contributed by atoms with van der Waals surface area (Å²) in [6.07, 6.45) is 7.45. The molecule has 210 valence electrons. The van der Waals surface area contributed by atoms with E-state index in [2.05, 4.69) is 54.5 Å². The third-order valence-corrected chi connectivity index (χ3v) is 13.5. The Morgan fingerprint density at radius 1 is 1.05 bits per heavy atom. The van der Waals surface area contributed by atoms with Gasteiger partial charge in [0.2, 0.25) is 0 Å². The van der Waals surface area contributed by atoms with Gasteiger partial charge >= 0.3 is 5.97 Å². The zero-order valence-corrected chi connectivity index (χ0v) is 24.5. The summed E-state index contributed by atoms with van der Waals surface area (Å²) in [5.41, 5.74) is 0.484. The second-order valence-electron chi connectivity index (χ2n) is 15.4. The molecule has 0 spiro atoms. The minimum Gasteiger partial charge on any atom is -0.462 e. The zero-order chi connectivity index (χ0) is 27.3. The largest absolute Gasteiger partial charge is 0.462 e. The van der Waals surface area contributed by atoms with Crippen LogP contribution in [0.25, 0.3) is 0 Å². The molecule has 11 unspecified atom stereocenters. The first-order valence-corrected chi connectivity index (χ1v) is 14.9. The molecule has 0 amide bonds. The van der Waals surface area contributed by atoms with E-state index < -0.39 is 6.10 Å². The summed E-state index contributed by atoms with van der Waals surface area (Å²) in [6.45, 7) is 17.7. The number of fused-ring (bicyclic) bond motifs is 7. The fourth-order valence-corrected chi connectivity index (χ4v) is 11.5. The summed E-state index contributed by atoms with van der Waals surface area (Å²) in [5, 5.41) is 33.6. The lowest BCUT2D eigenvalue weighted by atomic mass is 9.35. The van der Waals surface area contributed by atoms with Crippen LogP contribution in [0.5, 0.6) is 0 Å². The first-order chi connectivity index (χ1) is 17.1. The highest BCUT2D eigenvalue weighted by Crippen LogP contribution is 2.76. The zero-order valence-electron chi connectivity index (χ0n) is 24.5. The molecule has 3 N–H and O–H groups in total. The van der Waals surface area contributed by atoms with E-state index in [1.165, 1.54) is 12.5 Å². The van der Waals surface area contributed by atoms with Gasteiger partial charge in [0.25, 0.3) is 0 Å². The van der Waals surface area contributed by atoms with Crippen molar-refractivity contribution in [2.45, 2.75) is 119 Å². The van der Waals surface area contributed by atoms with E-state index in [1.54, 1.807) is 0 Å². The standard InChI is InChI=1S/C32H52O5/c1-18(2)21-15-22(35)27-31(8)12-9-20-26(30(31,7)13-14-32(21,27)17-33)23(37-19(3)34)16-24-28(4,5)25(36)10-11-29(20,24)6/h9,18,21-27,33,35-36H,10-17H2,1-8H3. The average Bonchev–Trinajstić information content (AvgIpc) is 3.12. The van der Waals surface area contributed by atoms with Crippen molar-refractivity contribution in [3.05, 3.63) is 11.6 Å². The monoisotopic (exact) mass is 516 g/mol. The molecule has 0 aromatic heterocycles. The van der Waals surface area contributed by atoms with E-state index in [0.717, 1.165) is 44.9 Å². The number of hydrogen-bond acceptors (Lipinski definition) is 5. The molecule has 11 atom stereocenters. The smallest absolute Gasteiger partial charge is 0.302 e. The van der Waals surface area contributed by atoms with Gasteiger partial charge in [0, 0.05) is 24.9 Å². The van der Waals surface area contributed by atoms with Crippen LogP contribution >= 0.6 is 0 Å². The quantitative estimate of drug-likeness (QED) is 0.340. The maximum absolute atomic E-state index is 12.5. The van der Waals surface area contributed by atoms with E-state index in [0.29, 0.717) is 11.8 Å². The number of carbonyl (C=O) groups excluding carboxylic acids is 1. The first kappa shape index (κ1) is 27.6. The number of aliphatic hydroxyl groups excluding tert-OH is 3. The molecule has 37 heavy (non-hydrogen) atoms. The van der Waals surface area contributed by atoms with Crippen LogP contribution in [0.1, 0.15) is 100 Å². The van der Waals surface area contributed by atoms with Crippen molar-refractivity contribution < 1.29 is 24.9 Å². The van der Waals surface area contributed by atoms with Crippen molar-refractivity contribution in [1.82, 2.24) is 0 Å². The molecule has 0 bridgehead atoms. The molecule has 0 aromatic carbocycles. The molecule has 0 radical (unpaired) electrons.